The molecule has 1 aliphatic rings. The van der Waals surface area contributed by atoms with Crippen molar-refractivity contribution in [2.75, 3.05) is 13.1 Å². The van der Waals surface area contributed by atoms with Crippen molar-refractivity contribution >= 4 is 16.9 Å². The quantitative estimate of drug-likeness (QED) is 0.510. The third-order valence-corrected chi connectivity index (χ3v) is 5.98. The first-order chi connectivity index (χ1) is 14.3. The standard InChI is InChI=1S/C22H26N4O4/c1-3-16-19(24-21(28)18(20(16)27)22(29)30)12-4-5-17-13(8-12)9-15(25(17)2)11-26-7-6-14(23)10-26/h4-5,8-9,14H,3,6-7,10-11,23H2,1-2H3,(H,29,30)(H2,24,27,28)/t14-/m0/s1. The lowest BCUT2D eigenvalue weighted by atomic mass is 9.99. The summed E-state index contributed by atoms with van der Waals surface area (Å²) < 4.78 is 2.15. The first-order valence-electron chi connectivity index (χ1n) is 10.1. The Morgan fingerprint density at radius 2 is 2.10 bits per heavy atom. The highest BCUT2D eigenvalue weighted by Gasteiger charge is 2.23. The molecule has 1 aliphatic heterocycles. The molecule has 0 saturated carbocycles. The number of carbonyl (C=O) groups is 1. The van der Waals surface area contributed by atoms with Crippen molar-refractivity contribution in [3.63, 3.8) is 0 Å². The van der Waals surface area contributed by atoms with Crippen LogP contribution in [0.15, 0.2) is 29.1 Å². The first kappa shape index (κ1) is 20.2. The van der Waals surface area contributed by atoms with Gasteiger partial charge in [0.1, 0.15) is 5.75 Å². The normalized spacial score (nSPS) is 17.1. The molecule has 1 fully saturated rings. The average molecular weight is 410 g/mol. The van der Waals surface area contributed by atoms with Crippen LogP contribution in [0.2, 0.25) is 0 Å². The van der Waals surface area contributed by atoms with E-state index in [-0.39, 0.29) is 6.04 Å². The number of fused-ring (bicyclic) bond motifs is 1. The fraction of sp³-hybridized carbons (Fsp3) is 0.364. The number of aromatic hydroxyl groups is 1. The van der Waals surface area contributed by atoms with Crippen LogP contribution in [0.3, 0.4) is 0 Å². The Morgan fingerprint density at radius 1 is 1.33 bits per heavy atom. The summed E-state index contributed by atoms with van der Waals surface area (Å²) in [6.45, 7) is 4.51. The number of aromatic amines is 1. The molecule has 0 amide bonds. The number of hydrogen-bond acceptors (Lipinski definition) is 5. The Bertz CT molecular complexity index is 1190. The van der Waals surface area contributed by atoms with Crippen LogP contribution in [0.4, 0.5) is 0 Å². The Balaban J connectivity index is 1.77. The number of nitrogens with zero attached hydrogens (tertiary/aromatic N) is 2. The van der Waals surface area contributed by atoms with Gasteiger partial charge in [0.25, 0.3) is 5.56 Å². The summed E-state index contributed by atoms with van der Waals surface area (Å²) in [5, 5.41) is 20.7. The number of aromatic carboxylic acids is 1. The van der Waals surface area contributed by atoms with Crippen molar-refractivity contribution in [3.8, 4) is 17.0 Å². The average Bonchev–Trinajstić information content (AvgIpc) is 3.24. The van der Waals surface area contributed by atoms with Crippen molar-refractivity contribution < 1.29 is 15.0 Å². The van der Waals surface area contributed by atoms with Gasteiger partial charge in [-0.05, 0) is 36.6 Å². The van der Waals surface area contributed by atoms with Crippen LogP contribution < -0.4 is 11.3 Å². The number of nitrogens with two attached hydrogens (primary N) is 1. The summed E-state index contributed by atoms with van der Waals surface area (Å²) in [4.78, 5) is 28.6. The minimum atomic E-state index is -1.44. The Morgan fingerprint density at radius 3 is 2.73 bits per heavy atom. The second-order valence-corrected chi connectivity index (χ2v) is 7.94. The molecule has 3 heterocycles. The van der Waals surface area contributed by atoms with Gasteiger partial charge in [0, 0.05) is 54.9 Å². The molecule has 0 radical (unpaired) electrons. The number of aromatic nitrogens is 2. The van der Waals surface area contributed by atoms with Crippen molar-refractivity contribution in [2.24, 2.45) is 12.8 Å². The summed E-state index contributed by atoms with van der Waals surface area (Å²) in [7, 11) is 2.03. The van der Waals surface area contributed by atoms with E-state index >= 15 is 0 Å². The number of aryl methyl sites for hydroxylation is 1. The van der Waals surface area contributed by atoms with Gasteiger partial charge in [-0.25, -0.2) is 4.79 Å². The van der Waals surface area contributed by atoms with E-state index in [0.717, 1.165) is 42.5 Å². The number of pyridine rings is 1. The summed E-state index contributed by atoms with van der Waals surface area (Å²) in [6, 6.07) is 8.17. The number of carboxylic acid groups (broad SMARTS) is 1. The number of rotatable bonds is 5. The summed E-state index contributed by atoms with van der Waals surface area (Å²) >= 11 is 0. The largest absolute Gasteiger partial charge is 0.506 e. The van der Waals surface area contributed by atoms with Gasteiger partial charge < -0.3 is 25.5 Å². The lowest BCUT2D eigenvalue weighted by Gasteiger charge is -2.15. The summed E-state index contributed by atoms with van der Waals surface area (Å²) in [6.07, 6.45) is 1.39. The van der Waals surface area contributed by atoms with E-state index in [2.05, 4.69) is 20.5 Å². The maximum atomic E-state index is 12.3. The van der Waals surface area contributed by atoms with Crippen molar-refractivity contribution in [3.05, 3.63) is 51.4 Å². The van der Waals surface area contributed by atoms with E-state index in [0.29, 0.717) is 17.7 Å². The second kappa shape index (κ2) is 7.62. The van der Waals surface area contributed by atoms with Gasteiger partial charge >= 0.3 is 5.97 Å². The molecule has 158 valence electrons. The number of benzene rings is 1. The molecule has 0 aliphatic carbocycles. The maximum absolute atomic E-state index is 12.3. The fourth-order valence-corrected chi connectivity index (χ4v) is 4.37. The van der Waals surface area contributed by atoms with Crippen LogP contribution in [0.25, 0.3) is 22.2 Å². The molecule has 2 aromatic heterocycles. The first-order valence-corrected chi connectivity index (χ1v) is 10.1. The Kier molecular flexibility index (Phi) is 5.13. The van der Waals surface area contributed by atoms with E-state index in [9.17, 15) is 19.8 Å². The molecule has 3 aromatic rings. The van der Waals surface area contributed by atoms with Crippen LogP contribution in [-0.2, 0) is 20.0 Å². The Labute approximate surface area is 173 Å². The fourth-order valence-electron chi connectivity index (χ4n) is 4.37. The number of H-pyrrole nitrogens is 1. The van der Waals surface area contributed by atoms with Gasteiger partial charge in [0.2, 0.25) is 0 Å². The second-order valence-electron chi connectivity index (χ2n) is 7.94. The number of likely N-dealkylation sites (tertiary alicyclic amines) is 1. The molecule has 30 heavy (non-hydrogen) atoms. The monoisotopic (exact) mass is 410 g/mol. The number of carboxylic acids is 1. The van der Waals surface area contributed by atoms with E-state index in [1.807, 2.05) is 32.2 Å². The maximum Gasteiger partial charge on any atom is 0.345 e. The van der Waals surface area contributed by atoms with Gasteiger partial charge in [-0.2, -0.15) is 0 Å². The van der Waals surface area contributed by atoms with E-state index < -0.39 is 22.8 Å². The molecular formula is C22H26N4O4. The highest BCUT2D eigenvalue weighted by molar-refractivity contribution is 5.92. The van der Waals surface area contributed by atoms with Crippen molar-refractivity contribution in [2.45, 2.75) is 32.4 Å². The van der Waals surface area contributed by atoms with E-state index in [4.69, 9.17) is 5.73 Å². The van der Waals surface area contributed by atoms with Gasteiger partial charge in [-0.1, -0.05) is 13.0 Å². The summed E-state index contributed by atoms with van der Waals surface area (Å²) in [5.41, 5.74) is 8.40. The van der Waals surface area contributed by atoms with E-state index in [1.54, 1.807) is 0 Å². The lowest BCUT2D eigenvalue weighted by Crippen LogP contribution is -2.26. The molecule has 1 aromatic carbocycles. The molecule has 5 N–H and O–H groups in total. The molecule has 8 heteroatoms. The van der Waals surface area contributed by atoms with E-state index in [1.165, 1.54) is 5.69 Å². The number of nitrogens with one attached hydrogen (secondary N) is 1. The highest BCUT2D eigenvalue weighted by atomic mass is 16.4. The third kappa shape index (κ3) is 3.38. The van der Waals surface area contributed by atoms with Crippen molar-refractivity contribution in [1.29, 1.82) is 0 Å². The van der Waals surface area contributed by atoms with Gasteiger partial charge in [-0.15, -0.1) is 0 Å². The number of hydrogen-bond donors (Lipinski definition) is 4. The molecule has 1 atom stereocenters. The molecule has 4 rings (SSSR count). The Hall–Kier alpha value is -3.10. The molecule has 0 spiro atoms. The van der Waals surface area contributed by atoms with Crippen molar-refractivity contribution in [1.82, 2.24) is 14.5 Å². The molecular weight excluding hydrogens is 384 g/mol. The minimum absolute atomic E-state index is 0.233. The van der Waals surface area contributed by atoms with Crippen LogP contribution in [0.5, 0.6) is 5.75 Å². The molecule has 1 saturated heterocycles. The van der Waals surface area contributed by atoms with Gasteiger partial charge in [0.05, 0.1) is 5.69 Å². The molecule has 8 nitrogen and oxygen atoms in total. The predicted octanol–water partition coefficient (Wildman–Crippen LogP) is 2.03. The zero-order valence-electron chi connectivity index (χ0n) is 17.1. The van der Waals surface area contributed by atoms with Crippen LogP contribution in [-0.4, -0.2) is 49.8 Å². The SMILES string of the molecule is CCc1c(-c2ccc3c(c2)cc(CN2CC[C@H](N)C2)n3C)[nH]c(=O)c(C(=O)O)c1O. The van der Waals surface area contributed by atoms with Crippen LogP contribution >= 0.6 is 0 Å². The predicted molar refractivity (Wildman–Crippen MR) is 115 cm³/mol. The zero-order valence-corrected chi connectivity index (χ0v) is 17.1. The van der Waals surface area contributed by atoms with Gasteiger partial charge in [-0.3, -0.25) is 9.69 Å². The van der Waals surface area contributed by atoms with Crippen LogP contribution in [0.1, 0.15) is 35.0 Å². The highest BCUT2D eigenvalue weighted by Crippen LogP contribution is 2.32. The summed E-state index contributed by atoms with van der Waals surface area (Å²) in [5.74, 6) is -1.91. The lowest BCUT2D eigenvalue weighted by molar-refractivity contribution is 0.0691. The third-order valence-electron chi connectivity index (χ3n) is 5.98. The van der Waals surface area contributed by atoms with Crippen LogP contribution in [0, 0.1) is 0 Å². The topological polar surface area (TPSA) is 125 Å². The minimum Gasteiger partial charge on any atom is -0.506 e. The smallest absolute Gasteiger partial charge is 0.345 e. The molecule has 0 unspecified atom stereocenters. The van der Waals surface area contributed by atoms with Gasteiger partial charge in [0.15, 0.2) is 5.56 Å². The molecule has 0 bridgehead atoms. The zero-order chi connectivity index (χ0) is 21.6.